The number of hydrogen-bond acceptors (Lipinski definition) is 1. The average molecular weight is 756 g/mol. The lowest BCUT2D eigenvalue weighted by molar-refractivity contribution is 1.06. The molecule has 0 N–H and O–H groups in total. The Morgan fingerprint density at radius 2 is 1.07 bits per heavy atom. The van der Waals surface area contributed by atoms with Crippen molar-refractivity contribution in [3.63, 3.8) is 0 Å². The van der Waals surface area contributed by atoms with Crippen molar-refractivity contribution in [2.75, 3.05) is 0 Å². The molecule has 0 aliphatic heterocycles. The fourth-order valence-corrected chi connectivity index (χ4v) is 10.9. The van der Waals surface area contributed by atoms with E-state index in [1.165, 1.54) is 108 Å². The van der Waals surface area contributed by atoms with Crippen LogP contribution in [0.15, 0.2) is 200 Å². The summed E-state index contributed by atoms with van der Waals surface area (Å²) < 4.78 is 5.11. The van der Waals surface area contributed by atoms with Gasteiger partial charge in [-0.25, -0.2) is 0 Å². The zero-order chi connectivity index (χ0) is 38.2. The molecule has 0 spiro atoms. The molecule has 0 radical (unpaired) electrons. The van der Waals surface area contributed by atoms with E-state index in [0.717, 1.165) is 18.5 Å². The highest BCUT2D eigenvalue weighted by molar-refractivity contribution is 7.26. The van der Waals surface area contributed by atoms with E-state index in [0.29, 0.717) is 0 Å². The van der Waals surface area contributed by atoms with Crippen LogP contribution in [0.1, 0.15) is 18.4 Å². The van der Waals surface area contributed by atoms with E-state index in [4.69, 9.17) is 0 Å². The molecule has 0 bridgehead atoms. The fraction of sp³-hybridized carbons (Fsp3) is 0.0357. The molecule has 1 nitrogen and oxygen atoms in total. The molecule has 1 aliphatic carbocycles. The molecule has 272 valence electrons. The highest BCUT2D eigenvalue weighted by Gasteiger charge is 2.20. The molecule has 2 heteroatoms. The van der Waals surface area contributed by atoms with Crippen molar-refractivity contribution in [2.45, 2.75) is 12.8 Å². The SMILES string of the molecule is C1=CCCC(c2c3ccccc3c(-c3ccccc3)c3cc(-c4ccc(-n5c6ccccc6c6cc(-c7cccc8c7sc7ccccc78)ccc65)cc4)ccc23)=C1. The van der Waals surface area contributed by atoms with E-state index in [1.54, 1.807) is 0 Å². The topological polar surface area (TPSA) is 4.93 Å². The summed E-state index contributed by atoms with van der Waals surface area (Å²) >= 11 is 1.89. The van der Waals surface area contributed by atoms with Gasteiger partial charge in [-0.15, -0.1) is 11.3 Å². The summed E-state index contributed by atoms with van der Waals surface area (Å²) in [7, 11) is 0. The molecule has 58 heavy (non-hydrogen) atoms. The molecule has 0 saturated carbocycles. The number of aromatic nitrogens is 1. The lowest BCUT2D eigenvalue weighted by Crippen LogP contribution is -1.96. The summed E-state index contributed by atoms with van der Waals surface area (Å²) in [5.74, 6) is 0. The first-order chi connectivity index (χ1) is 28.8. The van der Waals surface area contributed by atoms with E-state index < -0.39 is 0 Å². The third kappa shape index (κ3) is 5.15. The van der Waals surface area contributed by atoms with Crippen LogP contribution in [0.4, 0.5) is 0 Å². The molecule has 9 aromatic carbocycles. The maximum Gasteiger partial charge on any atom is 0.0541 e. The Bertz CT molecular complexity index is 3490. The Kier molecular flexibility index (Phi) is 7.61. The van der Waals surface area contributed by atoms with Crippen molar-refractivity contribution in [3.05, 3.63) is 206 Å². The summed E-state index contributed by atoms with van der Waals surface area (Å²) in [5, 5.41) is 10.4. The number of rotatable bonds is 5. The molecule has 0 unspecified atom stereocenters. The first-order valence-corrected chi connectivity index (χ1v) is 21.0. The van der Waals surface area contributed by atoms with Crippen molar-refractivity contribution < 1.29 is 0 Å². The number of nitrogens with zero attached hydrogens (tertiary/aromatic N) is 1. The smallest absolute Gasteiger partial charge is 0.0541 e. The number of allylic oxidation sites excluding steroid dienone is 4. The lowest BCUT2D eigenvalue weighted by Gasteiger charge is -2.20. The van der Waals surface area contributed by atoms with Crippen molar-refractivity contribution in [3.8, 4) is 39.1 Å². The van der Waals surface area contributed by atoms with Gasteiger partial charge in [0, 0.05) is 36.6 Å². The van der Waals surface area contributed by atoms with Crippen molar-refractivity contribution in [2.24, 2.45) is 0 Å². The Morgan fingerprint density at radius 3 is 1.90 bits per heavy atom. The average Bonchev–Trinajstić information content (AvgIpc) is 3.84. The minimum atomic E-state index is 1.05. The molecule has 2 heterocycles. The van der Waals surface area contributed by atoms with Crippen LogP contribution < -0.4 is 0 Å². The molecule has 0 atom stereocenters. The highest BCUT2D eigenvalue weighted by atomic mass is 32.1. The lowest BCUT2D eigenvalue weighted by atomic mass is 9.83. The number of thiophene rings is 1. The Balaban J connectivity index is 0.997. The second-order valence-corrected chi connectivity index (χ2v) is 16.5. The standard InChI is InChI=1S/C56H37NS/c1-3-14-37(15-4-1)54-45-20-7-8-21-46(45)55(38-16-5-2-6-17-38)50-34-39(28-32-47(50)54)36-26-30-41(31-27-36)57-51-24-11-9-18-43(51)49-35-40(29-33-52(49)57)42-22-13-23-48-44-19-10-12-25-53(44)58-56(42)48/h1-3,5-14,16-35H,4,15H2. The maximum absolute atomic E-state index is 2.43. The second-order valence-electron chi connectivity index (χ2n) is 15.5. The van der Waals surface area contributed by atoms with Gasteiger partial charge in [0.25, 0.3) is 0 Å². The Hall–Kier alpha value is -7.00. The van der Waals surface area contributed by atoms with Gasteiger partial charge >= 0.3 is 0 Å². The predicted octanol–water partition coefficient (Wildman–Crippen LogP) is 16.2. The summed E-state index contributed by atoms with van der Waals surface area (Å²) in [6.07, 6.45) is 8.95. The van der Waals surface area contributed by atoms with Gasteiger partial charge in [-0.2, -0.15) is 0 Å². The molecule has 0 saturated heterocycles. The van der Waals surface area contributed by atoms with Gasteiger partial charge in [-0.1, -0.05) is 158 Å². The van der Waals surface area contributed by atoms with Crippen LogP contribution in [0.25, 0.3) is 108 Å². The van der Waals surface area contributed by atoms with Crippen LogP contribution in [0.3, 0.4) is 0 Å². The van der Waals surface area contributed by atoms with E-state index in [1.807, 2.05) is 11.3 Å². The quantitative estimate of drug-likeness (QED) is 0.154. The molecule has 11 aromatic rings. The first kappa shape index (κ1) is 33.2. The van der Waals surface area contributed by atoms with E-state index in [-0.39, 0.29) is 0 Å². The Labute approximate surface area is 341 Å². The van der Waals surface area contributed by atoms with Gasteiger partial charge in [-0.3, -0.25) is 0 Å². The summed E-state index contributed by atoms with van der Waals surface area (Å²) in [6.45, 7) is 0. The third-order valence-corrected chi connectivity index (χ3v) is 13.5. The van der Waals surface area contributed by atoms with Crippen molar-refractivity contribution >= 4 is 80.4 Å². The first-order valence-electron chi connectivity index (χ1n) is 20.2. The largest absolute Gasteiger partial charge is 0.309 e. The number of benzene rings is 9. The van der Waals surface area contributed by atoms with Crippen LogP contribution in [-0.2, 0) is 0 Å². The van der Waals surface area contributed by atoms with Crippen LogP contribution in [-0.4, -0.2) is 4.57 Å². The minimum Gasteiger partial charge on any atom is -0.309 e. The van der Waals surface area contributed by atoms with Gasteiger partial charge in [0.1, 0.15) is 0 Å². The molecular weight excluding hydrogens is 719 g/mol. The third-order valence-electron chi connectivity index (χ3n) is 12.3. The van der Waals surface area contributed by atoms with Crippen LogP contribution in [0.2, 0.25) is 0 Å². The van der Waals surface area contributed by atoms with Crippen LogP contribution in [0.5, 0.6) is 0 Å². The van der Waals surface area contributed by atoms with Gasteiger partial charge < -0.3 is 4.57 Å². The predicted molar refractivity (Wildman–Crippen MR) is 251 cm³/mol. The van der Waals surface area contributed by atoms with Crippen molar-refractivity contribution in [1.29, 1.82) is 0 Å². The van der Waals surface area contributed by atoms with Crippen molar-refractivity contribution in [1.82, 2.24) is 4.57 Å². The van der Waals surface area contributed by atoms with Gasteiger partial charge in [-0.05, 0) is 121 Å². The van der Waals surface area contributed by atoms with Gasteiger partial charge in [0.15, 0.2) is 0 Å². The van der Waals surface area contributed by atoms with Gasteiger partial charge in [0.05, 0.1) is 11.0 Å². The zero-order valence-electron chi connectivity index (χ0n) is 31.8. The van der Waals surface area contributed by atoms with Crippen LogP contribution in [0, 0.1) is 0 Å². The zero-order valence-corrected chi connectivity index (χ0v) is 32.6. The molecule has 0 fully saturated rings. The van der Waals surface area contributed by atoms with Gasteiger partial charge in [0.2, 0.25) is 0 Å². The fourth-order valence-electron chi connectivity index (χ4n) is 9.63. The molecular formula is C56H37NS. The summed E-state index contributed by atoms with van der Waals surface area (Å²) in [5.41, 5.74) is 13.9. The highest BCUT2D eigenvalue weighted by Crippen LogP contribution is 2.45. The number of hydrogen-bond donors (Lipinski definition) is 0. The molecule has 0 amide bonds. The minimum absolute atomic E-state index is 1.05. The molecule has 1 aliphatic rings. The number of fused-ring (bicyclic) bond motifs is 8. The van der Waals surface area contributed by atoms with E-state index >= 15 is 0 Å². The van der Waals surface area contributed by atoms with Crippen LogP contribution >= 0.6 is 11.3 Å². The normalized spacial score (nSPS) is 13.1. The molecule has 12 rings (SSSR count). The Morgan fingerprint density at radius 1 is 0.414 bits per heavy atom. The monoisotopic (exact) mass is 755 g/mol. The summed E-state index contributed by atoms with van der Waals surface area (Å²) in [6, 6.07) is 67.6. The van der Waals surface area contributed by atoms with E-state index in [2.05, 4.69) is 205 Å². The second kappa shape index (κ2) is 13.3. The maximum atomic E-state index is 2.43. The van der Waals surface area contributed by atoms with E-state index in [9.17, 15) is 0 Å². The summed E-state index contributed by atoms with van der Waals surface area (Å²) in [4.78, 5) is 0. The number of para-hydroxylation sites is 1. The molecule has 2 aromatic heterocycles.